The summed E-state index contributed by atoms with van der Waals surface area (Å²) < 4.78 is 0.936. The van der Waals surface area contributed by atoms with E-state index in [4.69, 9.17) is 0 Å². The SMILES string of the molecule is CC(C)C(C)(C)[B][N+](C)(C)C. The second-order valence-electron chi connectivity index (χ2n) is 5.22. The van der Waals surface area contributed by atoms with Crippen molar-refractivity contribution in [3.8, 4) is 0 Å². The highest BCUT2D eigenvalue weighted by Crippen LogP contribution is 2.33. The molecule has 11 heavy (non-hydrogen) atoms. The van der Waals surface area contributed by atoms with Gasteiger partial charge < -0.3 is 4.39 Å². The fraction of sp³-hybridized carbons (Fsp3) is 1.00. The number of hydrogen-bond donors (Lipinski definition) is 0. The number of hydrogen-bond acceptors (Lipinski definition) is 0. The molecular weight excluding hydrogens is 133 g/mol. The van der Waals surface area contributed by atoms with Crippen molar-refractivity contribution < 1.29 is 4.39 Å². The van der Waals surface area contributed by atoms with Crippen molar-refractivity contribution in [1.29, 1.82) is 0 Å². The minimum atomic E-state index is 0.332. The molecule has 0 N–H and O–H groups in total. The molecule has 2 heteroatoms. The standard InChI is InChI=1S/C9H22BN/c1-8(2)9(3,4)10-11(5,6)7/h8H,1-7H3/q+1. The second-order valence-corrected chi connectivity index (χ2v) is 5.22. The zero-order valence-electron chi connectivity index (χ0n) is 9.10. The average molecular weight is 155 g/mol. The molecule has 0 bridgehead atoms. The molecule has 0 spiro atoms. The molecule has 1 nitrogen and oxygen atoms in total. The minimum absolute atomic E-state index is 0.332. The summed E-state index contributed by atoms with van der Waals surface area (Å²) in [4.78, 5) is 0. The summed E-state index contributed by atoms with van der Waals surface area (Å²) >= 11 is 0. The van der Waals surface area contributed by atoms with Gasteiger partial charge in [0.25, 0.3) is 0 Å². The van der Waals surface area contributed by atoms with Gasteiger partial charge in [-0.3, -0.25) is 0 Å². The fourth-order valence-corrected chi connectivity index (χ4v) is 1.15. The fourth-order valence-electron chi connectivity index (χ4n) is 1.15. The Kier molecular flexibility index (Phi) is 3.19. The summed E-state index contributed by atoms with van der Waals surface area (Å²) in [7, 11) is 8.98. The molecule has 0 aromatic heterocycles. The lowest BCUT2D eigenvalue weighted by Crippen LogP contribution is -2.45. The topological polar surface area (TPSA) is 0 Å². The highest BCUT2D eigenvalue weighted by molar-refractivity contribution is 6.31. The van der Waals surface area contributed by atoms with Crippen molar-refractivity contribution >= 4 is 7.41 Å². The Labute approximate surface area is 72.6 Å². The van der Waals surface area contributed by atoms with Gasteiger partial charge in [0.1, 0.15) is 0 Å². The summed E-state index contributed by atoms with van der Waals surface area (Å²) in [6.07, 6.45) is 0. The first-order valence-electron chi connectivity index (χ1n) is 4.33. The maximum Gasteiger partial charge on any atom is 0.452 e. The lowest BCUT2D eigenvalue weighted by molar-refractivity contribution is -0.757. The molecule has 0 saturated carbocycles. The average Bonchev–Trinajstić information content (AvgIpc) is 1.56. The number of rotatable bonds is 3. The van der Waals surface area contributed by atoms with Gasteiger partial charge in [0.15, 0.2) is 0 Å². The molecule has 0 unspecified atom stereocenters. The van der Waals surface area contributed by atoms with Crippen LogP contribution in [0.3, 0.4) is 0 Å². The lowest BCUT2D eigenvalue weighted by atomic mass is 9.55. The van der Waals surface area contributed by atoms with Crippen LogP contribution in [0.15, 0.2) is 0 Å². The molecule has 1 radical (unpaired) electrons. The summed E-state index contributed by atoms with van der Waals surface area (Å²) in [6.45, 7) is 9.13. The largest absolute Gasteiger partial charge is 0.452 e. The third kappa shape index (κ3) is 4.46. The molecule has 0 saturated heterocycles. The summed E-state index contributed by atoms with van der Waals surface area (Å²) in [5, 5.41) is 0.332. The van der Waals surface area contributed by atoms with Crippen LogP contribution in [0.1, 0.15) is 27.7 Å². The van der Waals surface area contributed by atoms with Crippen LogP contribution in [0.2, 0.25) is 5.31 Å². The number of nitrogens with zero attached hydrogens (tertiary/aromatic N) is 1. The minimum Gasteiger partial charge on any atom is -0.402 e. The van der Waals surface area contributed by atoms with E-state index in [9.17, 15) is 0 Å². The molecule has 0 aromatic rings. The van der Waals surface area contributed by atoms with E-state index < -0.39 is 0 Å². The first kappa shape index (κ1) is 11.0. The third-order valence-corrected chi connectivity index (χ3v) is 2.21. The molecule has 0 aliphatic heterocycles. The van der Waals surface area contributed by atoms with Gasteiger partial charge >= 0.3 is 7.41 Å². The second kappa shape index (κ2) is 3.18. The summed E-state index contributed by atoms with van der Waals surface area (Å²) in [5.41, 5.74) is 0. The van der Waals surface area contributed by atoms with Crippen LogP contribution >= 0.6 is 0 Å². The van der Waals surface area contributed by atoms with E-state index in [-0.39, 0.29) is 0 Å². The molecule has 0 heterocycles. The Morgan fingerprint density at radius 3 is 1.55 bits per heavy atom. The highest BCUT2D eigenvalue weighted by Gasteiger charge is 2.34. The van der Waals surface area contributed by atoms with Gasteiger partial charge in [0, 0.05) is 26.5 Å². The van der Waals surface area contributed by atoms with Crippen LogP contribution in [0.25, 0.3) is 0 Å². The van der Waals surface area contributed by atoms with Crippen LogP contribution < -0.4 is 0 Å². The van der Waals surface area contributed by atoms with Crippen LogP contribution in [0.5, 0.6) is 0 Å². The Morgan fingerprint density at radius 2 is 1.45 bits per heavy atom. The molecule has 0 amide bonds. The quantitative estimate of drug-likeness (QED) is 0.548. The predicted molar refractivity (Wildman–Crippen MR) is 52.7 cm³/mol. The van der Waals surface area contributed by atoms with Gasteiger partial charge in [-0.15, -0.1) is 0 Å². The molecule has 0 atom stereocenters. The highest BCUT2D eigenvalue weighted by atomic mass is 15.2. The Bertz CT molecular complexity index is 122. The van der Waals surface area contributed by atoms with Gasteiger partial charge in [-0.1, -0.05) is 27.7 Å². The van der Waals surface area contributed by atoms with E-state index >= 15 is 0 Å². The maximum absolute atomic E-state index is 2.39. The Morgan fingerprint density at radius 1 is 1.09 bits per heavy atom. The zero-order chi connectivity index (χ0) is 9.28. The van der Waals surface area contributed by atoms with E-state index in [1.165, 1.54) is 0 Å². The van der Waals surface area contributed by atoms with Crippen LogP contribution in [0, 0.1) is 5.92 Å². The first-order valence-corrected chi connectivity index (χ1v) is 4.33. The zero-order valence-corrected chi connectivity index (χ0v) is 9.10. The van der Waals surface area contributed by atoms with E-state index in [0.717, 1.165) is 4.39 Å². The molecule has 0 aromatic carbocycles. The molecular formula is C9H22BN+. The monoisotopic (exact) mass is 155 g/mol. The smallest absolute Gasteiger partial charge is 0.402 e. The van der Waals surface area contributed by atoms with Crippen molar-refractivity contribution in [2.45, 2.75) is 33.0 Å². The van der Waals surface area contributed by atoms with Crippen LogP contribution in [-0.4, -0.2) is 33.0 Å². The van der Waals surface area contributed by atoms with Gasteiger partial charge in [-0.05, 0) is 5.92 Å². The van der Waals surface area contributed by atoms with Crippen LogP contribution in [-0.2, 0) is 0 Å². The van der Waals surface area contributed by atoms with Crippen LogP contribution in [0.4, 0.5) is 0 Å². The van der Waals surface area contributed by atoms with Gasteiger partial charge in [-0.2, -0.15) is 0 Å². The molecule has 0 aliphatic carbocycles. The van der Waals surface area contributed by atoms with E-state index in [1.54, 1.807) is 0 Å². The van der Waals surface area contributed by atoms with Crippen molar-refractivity contribution in [1.82, 2.24) is 0 Å². The van der Waals surface area contributed by atoms with Crippen molar-refractivity contribution in [3.63, 3.8) is 0 Å². The van der Waals surface area contributed by atoms with E-state index in [0.29, 0.717) is 11.2 Å². The summed E-state index contributed by atoms with van der Waals surface area (Å²) in [6, 6.07) is 0. The summed E-state index contributed by atoms with van der Waals surface area (Å²) in [5.74, 6) is 0.708. The molecule has 65 valence electrons. The van der Waals surface area contributed by atoms with Crippen molar-refractivity contribution in [2.75, 3.05) is 21.1 Å². The first-order chi connectivity index (χ1) is 4.65. The van der Waals surface area contributed by atoms with Gasteiger partial charge in [0.2, 0.25) is 0 Å². The molecule has 0 fully saturated rings. The Hall–Kier alpha value is 0.0249. The van der Waals surface area contributed by atoms with Gasteiger partial charge in [0.05, 0.1) is 0 Å². The maximum atomic E-state index is 2.39. The third-order valence-electron chi connectivity index (χ3n) is 2.21. The van der Waals surface area contributed by atoms with Crippen molar-refractivity contribution in [3.05, 3.63) is 0 Å². The van der Waals surface area contributed by atoms with Gasteiger partial charge in [-0.25, -0.2) is 0 Å². The molecule has 0 rings (SSSR count). The Balaban J connectivity index is 4.13. The van der Waals surface area contributed by atoms with E-state index in [1.807, 2.05) is 0 Å². The predicted octanol–water partition coefficient (Wildman–Crippen LogP) is 2.17. The number of quaternary nitrogens is 1. The molecule has 0 aliphatic rings. The normalized spacial score (nSPS) is 13.8. The van der Waals surface area contributed by atoms with E-state index in [2.05, 4.69) is 56.3 Å². The van der Waals surface area contributed by atoms with Crippen molar-refractivity contribution in [2.24, 2.45) is 5.92 Å². The lowest BCUT2D eigenvalue weighted by Gasteiger charge is -2.34.